The number of nitrogens with zero attached hydrogens (tertiary/aromatic N) is 2. The van der Waals surface area contributed by atoms with E-state index in [1.54, 1.807) is 0 Å². The summed E-state index contributed by atoms with van der Waals surface area (Å²) >= 11 is 0. The summed E-state index contributed by atoms with van der Waals surface area (Å²) in [6, 6.07) is 2.09. The molecule has 1 fully saturated rings. The van der Waals surface area contributed by atoms with E-state index < -0.39 is 0 Å². The number of hydrogen-bond donors (Lipinski definition) is 1. The monoisotopic (exact) mass is 219 g/mol. The smallest absolute Gasteiger partial charge is 0.0442 e. The molecule has 2 rings (SSSR count). The van der Waals surface area contributed by atoms with Crippen LogP contribution < -0.4 is 10.6 Å². The Labute approximate surface area is 97.7 Å². The molecule has 3 nitrogen and oxygen atoms in total. The predicted octanol–water partition coefficient (Wildman–Crippen LogP) is 2.02. The zero-order valence-corrected chi connectivity index (χ0v) is 10.2. The summed E-state index contributed by atoms with van der Waals surface area (Å²) in [7, 11) is 0. The second-order valence-electron chi connectivity index (χ2n) is 4.95. The van der Waals surface area contributed by atoms with Crippen molar-refractivity contribution in [1.29, 1.82) is 0 Å². The first-order chi connectivity index (χ1) is 7.72. The Bertz CT molecular complexity index is 349. The fourth-order valence-corrected chi connectivity index (χ4v) is 2.44. The SMILES string of the molecule is CC(C)C1CCN(c2ccncc2CN)C1. The average Bonchev–Trinajstić information content (AvgIpc) is 2.78. The van der Waals surface area contributed by atoms with E-state index in [9.17, 15) is 0 Å². The molecule has 0 bridgehead atoms. The molecule has 0 radical (unpaired) electrons. The molecule has 2 N–H and O–H groups in total. The van der Waals surface area contributed by atoms with E-state index in [0.29, 0.717) is 6.54 Å². The van der Waals surface area contributed by atoms with Crippen LogP contribution in [0.2, 0.25) is 0 Å². The predicted molar refractivity (Wildman–Crippen MR) is 67.3 cm³/mol. The van der Waals surface area contributed by atoms with Crippen molar-refractivity contribution in [2.45, 2.75) is 26.8 Å². The maximum absolute atomic E-state index is 5.75. The van der Waals surface area contributed by atoms with Gasteiger partial charge in [0, 0.05) is 43.3 Å². The van der Waals surface area contributed by atoms with Gasteiger partial charge >= 0.3 is 0 Å². The lowest BCUT2D eigenvalue weighted by molar-refractivity contribution is 0.422. The third-order valence-electron chi connectivity index (χ3n) is 3.61. The highest BCUT2D eigenvalue weighted by Crippen LogP contribution is 2.29. The number of rotatable bonds is 3. The van der Waals surface area contributed by atoms with Gasteiger partial charge in [-0.15, -0.1) is 0 Å². The van der Waals surface area contributed by atoms with Gasteiger partial charge in [-0.25, -0.2) is 0 Å². The summed E-state index contributed by atoms with van der Waals surface area (Å²) in [6.45, 7) is 7.51. The van der Waals surface area contributed by atoms with Gasteiger partial charge in [-0.2, -0.15) is 0 Å². The Morgan fingerprint density at radius 3 is 3.00 bits per heavy atom. The van der Waals surface area contributed by atoms with Gasteiger partial charge < -0.3 is 10.6 Å². The molecule has 0 aliphatic carbocycles. The second kappa shape index (κ2) is 4.83. The van der Waals surface area contributed by atoms with E-state index in [-0.39, 0.29) is 0 Å². The quantitative estimate of drug-likeness (QED) is 0.845. The van der Waals surface area contributed by atoms with Crippen molar-refractivity contribution in [2.24, 2.45) is 17.6 Å². The second-order valence-corrected chi connectivity index (χ2v) is 4.95. The lowest BCUT2D eigenvalue weighted by Gasteiger charge is -2.22. The zero-order chi connectivity index (χ0) is 11.5. The molecule has 16 heavy (non-hydrogen) atoms. The van der Waals surface area contributed by atoms with Crippen molar-refractivity contribution < 1.29 is 0 Å². The Kier molecular flexibility index (Phi) is 3.44. The molecule has 88 valence electrons. The molecule has 1 aromatic heterocycles. The molecule has 3 heteroatoms. The Morgan fingerprint density at radius 1 is 1.56 bits per heavy atom. The molecule has 2 heterocycles. The summed E-state index contributed by atoms with van der Waals surface area (Å²) in [5.74, 6) is 1.59. The Morgan fingerprint density at radius 2 is 2.38 bits per heavy atom. The molecule has 0 spiro atoms. The van der Waals surface area contributed by atoms with Crippen molar-refractivity contribution >= 4 is 5.69 Å². The highest BCUT2D eigenvalue weighted by Gasteiger charge is 2.25. The molecule has 1 saturated heterocycles. The van der Waals surface area contributed by atoms with Gasteiger partial charge in [0.2, 0.25) is 0 Å². The minimum Gasteiger partial charge on any atom is -0.371 e. The lowest BCUT2D eigenvalue weighted by Crippen LogP contribution is -2.23. The number of nitrogens with two attached hydrogens (primary N) is 1. The minimum atomic E-state index is 0.575. The summed E-state index contributed by atoms with van der Waals surface area (Å²) in [6.07, 6.45) is 5.04. The molecule has 0 saturated carbocycles. The van der Waals surface area contributed by atoms with Crippen LogP contribution in [0.15, 0.2) is 18.5 Å². The van der Waals surface area contributed by atoms with Gasteiger partial charge in [0.15, 0.2) is 0 Å². The van der Waals surface area contributed by atoms with Crippen LogP contribution in [-0.4, -0.2) is 18.1 Å². The number of anilines is 1. The summed E-state index contributed by atoms with van der Waals surface area (Å²) in [5.41, 5.74) is 8.18. The van der Waals surface area contributed by atoms with Gasteiger partial charge in [-0.1, -0.05) is 13.8 Å². The van der Waals surface area contributed by atoms with Gasteiger partial charge in [-0.05, 0) is 24.3 Å². The van der Waals surface area contributed by atoms with Crippen LogP contribution in [0.3, 0.4) is 0 Å². The van der Waals surface area contributed by atoms with Crippen molar-refractivity contribution in [3.63, 3.8) is 0 Å². The largest absolute Gasteiger partial charge is 0.371 e. The summed E-state index contributed by atoms with van der Waals surface area (Å²) in [5, 5.41) is 0. The van der Waals surface area contributed by atoms with Crippen molar-refractivity contribution in [3.8, 4) is 0 Å². The first-order valence-electron chi connectivity index (χ1n) is 6.10. The average molecular weight is 219 g/mol. The van der Waals surface area contributed by atoms with Crippen LogP contribution in [-0.2, 0) is 6.54 Å². The highest BCUT2D eigenvalue weighted by molar-refractivity contribution is 5.53. The first-order valence-corrected chi connectivity index (χ1v) is 6.10. The van der Waals surface area contributed by atoms with Crippen LogP contribution in [0.25, 0.3) is 0 Å². The molecule has 1 unspecified atom stereocenters. The molecular weight excluding hydrogens is 198 g/mol. The Balaban J connectivity index is 2.14. The molecule has 1 aromatic rings. The molecule has 0 aromatic carbocycles. The first kappa shape index (κ1) is 11.4. The molecule has 1 atom stereocenters. The molecular formula is C13H21N3. The van der Waals surface area contributed by atoms with Crippen LogP contribution in [0, 0.1) is 11.8 Å². The van der Waals surface area contributed by atoms with Crippen LogP contribution >= 0.6 is 0 Å². The van der Waals surface area contributed by atoms with Gasteiger partial charge in [0.25, 0.3) is 0 Å². The number of hydrogen-bond acceptors (Lipinski definition) is 3. The third kappa shape index (κ3) is 2.19. The van der Waals surface area contributed by atoms with E-state index in [2.05, 4.69) is 29.8 Å². The van der Waals surface area contributed by atoms with Gasteiger partial charge in [0.05, 0.1) is 0 Å². The molecule has 1 aliphatic rings. The van der Waals surface area contributed by atoms with Crippen LogP contribution in [0.5, 0.6) is 0 Å². The van der Waals surface area contributed by atoms with Crippen molar-refractivity contribution in [2.75, 3.05) is 18.0 Å². The summed E-state index contributed by atoms with van der Waals surface area (Å²) < 4.78 is 0. The maximum atomic E-state index is 5.75. The molecule has 0 amide bonds. The standard InChI is InChI=1S/C13H21N3/c1-10(2)11-4-6-16(9-11)13-3-5-15-8-12(13)7-14/h3,5,8,10-11H,4,6-7,9,14H2,1-2H3. The van der Waals surface area contributed by atoms with E-state index in [0.717, 1.165) is 30.5 Å². The number of aromatic nitrogens is 1. The summed E-state index contributed by atoms with van der Waals surface area (Å²) in [4.78, 5) is 6.59. The van der Waals surface area contributed by atoms with E-state index in [1.807, 2.05) is 12.4 Å². The topological polar surface area (TPSA) is 42.2 Å². The zero-order valence-electron chi connectivity index (χ0n) is 10.2. The van der Waals surface area contributed by atoms with Crippen molar-refractivity contribution in [3.05, 3.63) is 24.0 Å². The fourth-order valence-electron chi connectivity index (χ4n) is 2.44. The number of pyridine rings is 1. The van der Waals surface area contributed by atoms with Crippen LogP contribution in [0.1, 0.15) is 25.8 Å². The van der Waals surface area contributed by atoms with Crippen molar-refractivity contribution in [1.82, 2.24) is 4.98 Å². The van der Waals surface area contributed by atoms with E-state index in [1.165, 1.54) is 12.1 Å². The van der Waals surface area contributed by atoms with Gasteiger partial charge in [-0.3, -0.25) is 4.98 Å². The third-order valence-corrected chi connectivity index (χ3v) is 3.61. The van der Waals surface area contributed by atoms with Gasteiger partial charge in [0.1, 0.15) is 0 Å². The fraction of sp³-hybridized carbons (Fsp3) is 0.615. The minimum absolute atomic E-state index is 0.575. The maximum Gasteiger partial charge on any atom is 0.0442 e. The van der Waals surface area contributed by atoms with E-state index >= 15 is 0 Å². The normalized spacial score (nSPS) is 20.8. The van der Waals surface area contributed by atoms with Crippen LogP contribution in [0.4, 0.5) is 5.69 Å². The van der Waals surface area contributed by atoms with E-state index in [4.69, 9.17) is 5.73 Å². The highest BCUT2D eigenvalue weighted by atomic mass is 15.2. The molecule has 1 aliphatic heterocycles. The lowest BCUT2D eigenvalue weighted by atomic mass is 9.95. The Hall–Kier alpha value is -1.09.